The van der Waals surface area contributed by atoms with Gasteiger partial charge >= 0.3 is 0 Å². The summed E-state index contributed by atoms with van der Waals surface area (Å²) in [5.74, 6) is 0. The van der Waals surface area contributed by atoms with Gasteiger partial charge in [0.05, 0.1) is 0 Å². The van der Waals surface area contributed by atoms with Gasteiger partial charge < -0.3 is 5.48 Å². The zero-order valence-corrected chi connectivity index (χ0v) is 10.6. The fraction of sp³-hybridized carbons (Fsp3) is 0.143. The SMILES string of the molecule is Cc1cccc(Pc2cccc(C)c2)c1.O. The van der Waals surface area contributed by atoms with Gasteiger partial charge in [-0.3, -0.25) is 0 Å². The van der Waals surface area contributed by atoms with E-state index in [2.05, 4.69) is 62.4 Å². The van der Waals surface area contributed by atoms with E-state index in [-0.39, 0.29) is 5.48 Å². The van der Waals surface area contributed by atoms with Crippen molar-refractivity contribution in [3.63, 3.8) is 0 Å². The summed E-state index contributed by atoms with van der Waals surface area (Å²) in [6.45, 7) is 4.29. The Morgan fingerprint density at radius 3 is 1.56 bits per heavy atom. The van der Waals surface area contributed by atoms with Gasteiger partial charge in [-0.05, 0) is 24.5 Å². The van der Waals surface area contributed by atoms with Gasteiger partial charge in [-0.1, -0.05) is 68.2 Å². The molecular formula is C14H17OP. The molecule has 0 heterocycles. The lowest BCUT2D eigenvalue weighted by atomic mass is 10.2. The van der Waals surface area contributed by atoms with Crippen LogP contribution in [0.1, 0.15) is 11.1 Å². The highest BCUT2D eigenvalue weighted by Crippen LogP contribution is 2.12. The summed E-state index contributed by atoms with van der Waals surface area (Å²) < 4.78 is 0. The van der Waals surface area contributed by atoms with E-state index < -0.39 is 0 Å². The fourth-order valence-electron chi connectivity index (χ4n) is 1.61. The average molecular weight is 232 g/mol. The fourth-order valence-corrected chi connectivity index (χ4v) is 2.90. The number of aryl methyl sites for hydroxylation is 2. The third-order valence-corrected chi connectivity index (χ3v) is 3.52. The lowest BCUT2D eigenvalue weighted by molar-refractivity contribution is 0.824. The van der Waals surface area contributed by atoms with E-state index in [0.29, 0.717) is 0 Å². The van der Waals surface area contributed by atoms with Crippen LogP contribution in [0.4, 0.5) is 0 Å². The molecule has 0 saturated carbocycles. The average Bonchev–Trinajstić information content (AvgIpc) is 2.17. The highest BCUT2D eigenvalue weighted by atomic mass is 31.1. The van der Waals surface area contributed by atoms with E-state index in [1.54, 1.807) is 0 Å². The van der Waals surface area contributed by atoms with Gasteiger partial charge in [0.25, 0.3) is 0 Å². The Hall–Kier alpha value is -1.17. The molecule has 1 nitrogen and oxygen atoms in total. The van der Waals surface area contributed by atoms with Gasteiger partial charge in [-0.15, -0.1) is 0 Å². The molecule has 0 atom stereocenters. The molecule has 2 aromatic rings. The van der Waals surface area contributed by atoms with Crippen molar-refractivity contribution in [1.82, 2.24) is 0 Å². The third-order valence-electron chi connectivity index (χ3n) is 2.32. The first-order valence-electron chi connectivity index (χ1n) is 5.14. The standard InChI is InChI=1S/C14H15P.H2O/c1-11-5-3-7-13(9-11)15-14-8-4-6-12(2)10-14;/h3-10,15H,1-2H3;1H2. The molecule has 0 aliphatic heterocycles. The lowest BCUT2D eigenvalue weighted by Crippen LogP contribution is -2.03. The van der Waals surface area contributed by atoms with Gasteiger partial charge in [0.15, 0.2) is 0 Å². The van der Waals surface area contributed by atoms with Crippen LogP contribution in [0, 0.1) is 13.8 Å². The molecule has 0 saturated heterocycles. The summed E-state index contributed by atoms with van der Waals surface area (Å²) >= 11 is 0. The first-order valence-corrected chi connectivity index (χ1v) is 6.14. The largest absolute Gasteiger partial charge is 0.412 e. The predicted molar refractivity (Wildman–Crippen MR) is 73.6 cm³/mol. The Morgan fingerprint density at radius 2 is 1.19 bits per heavy atom. The molecule has 2 heteroatoms. The highest BCUT2D eigenvalue weighted by Gasteiger charge is 1.96. The van der Waals surface area contributed by atoms with E-state index in [1.807, 2.05) is 0 Å². The minimum atomic E-state index is 0. The van der Waals surface area contributed by atoms with E-state index in [0.717, 1.165) is 8.58 Å². The molecule has 0 fully saturated rings. The van der Waals surface area contributed by atoms with Crippen molar-refractivity contribution in [3.8, 4) is 0 Å². The minimum absolute atomic E-state index is 0. The molecule has 0 aromatic heterocycles. The number of hydrogen-bond acceptors (Lipinski definition) is 0. The van der Waals surface area contributed by atoms with Gasteiger partial charge in [-0.2, -0.15) is 0 Å². The summed E-state index contributed by atoms with van der Waals surface area (Å²) in [6, 6.07) is 17.5. The minimum Gasteiger partial charge on any atom is -0.412 e. The quantitative estimate of drug-likeness (QED) is 0.710. The number of hydrogen-bond donors (Lipinski definition) is 0. The van der Waals surface area contributed by atoms with Crippen molar-refractivity contribution in [3.05, 3.63) is 59.7 Å². The highest BCUT2D eigenvalue weighted by molar-refractivity contribution is 7.55. The van der Waals surface area contributed by atoms with Crippen molar-refractivity contribution < 1.29 is 5.48 Å². The van der Waals surface area contributed by atoms with Crippen molar-refractivity contribution in [2.24, 2.45) is 0 Å². The molecule has 2 N–H and O–H groups in total. The van der Waals surface area contributed by atoms with E-state index in [1.165, 1.54) is 21.7 Å². The normalized spacial score (nSPS) is 9.62. The Kier molecular flexibility index (Phi) is 4.67. The van der Waals surface area contributed by atoms with Crippen LogP contribution in [0.2, 0.25) is 0 Å². The number of benzene rings is 2. The zero-order valence-electron chi connectivity index (χ0n) is 9.62. The van der Waals surface area contributed by atoms with E-state index >= 15 is 0 Å². The van der Waals surface area contributed by atoms with Crippen molar-refractivity contribution in [2.45, 2.75) is 13.8 Å². The summed E-state index contributed by atoms with van der Waals surface area (Å²) in [7, 11) is 0.770. The van der Waals surface area contributed by atoms with Crippen LogP contribution < -0.4 is 10.6 Å². The molecule has 16 heavy (non-hydrogen) atoms. The van der Waals surface area contributed by atoms with Crippen LogP contribution >= 0.6 is 8.58 Å². The Bertz CT molecular complexity index is 422. The third kappa shape index (κ3) is 3.44. The van der Waals surface area contributed by atoms with Crippen LogP contribution in [0.3, 0.4) is 0 Å². The van der Waals surface area contributed by atoms with Gasteiger partial charge in [0.2, 0.25) is 0 Å². The molecule has 0 aliphatic carbocycles. The summed E-state index contributed by atoms with van der Waals surface area (Å²) in [6.07, 6.45) is 0. The van der Waals surface area contributed by atoms with Gasteiger partial charge in [-0.25, -0.2) is 0 Å². The van der Waals surface area contributed by atoms with Crippen LogP contribution in [0.25, 0.3) is 0 Å². The molecule has 0 unspecified atom stereocenters. The maximum Gasteiger partial charge on any atom is -0.0224 e. The number of rotatable bonds is 2. The molecule has 0 amide bonds. The second-order valence-electron chi connectivity index (χ2n) is 3.86. The predicted octanol–water partition coefficient (Wildman–Crippen LogP) is 2.11. The first kappa shape index (κ1) is 12.9. The maximum absolute atomic E-state index is 2.26. The van der Waals surface area contributed by atoms with Gasteiger partial charge in [0, 0.05) is 0 Å². The molecular weight excluding hydrogens is 215 g/mol. The van der Waals surface area contributed by atoms with Crippen LogP contribution in [0.15, 0.2) is 48.5 Å². The Morgan fingerprint density at radius 1 is 0.750 bits per heavy atom. The monoisotopic (exact) mass is 232 g/mol. The molecule has 0 radical (unpaired) electrons. The Labute approximate surface area is 98.6 Å². The second kappa shape index (κ2) is 5.79. The first-order chi connectivity index (χ1) is 7.24. The molecule has 0 spiro atoms. The van der Waals surface area contributed by atoms with Crippen molar-refractivity contribution in [1.29, 1.82) is 0 Å². The molecule has 0 aliphatic rings. The summed E-state index contributed by atoms with van der Waals surface area (Å²) in [4.78, 5) is 0. The lowest BCUT2D eigenvalue weighted by Gasteiger charge is -2.04. The van der Waals surface area contributed by atoms with E-state index in [9.17, 15) is 0 Å². The molecule has 0 bridgehead atoms. The summed E-state index contributed by atoms with van der Waals surface area (Å²) in [5.41, 5.74) is 2.68. The van der Waals surface area contributed by atoms with Gasteiger partial charge in [0.1, 0.15) is 0 Å². The second-order valence-corrected chi connectivity index (χ2v) is 5.27. The van der Waals surface area contributed by atoms with Crippen LogP contribution in [-0.2, 0) is 0 Å². The van der Waals surface area contributed by atoms with Crippen molar-refractivity contribution in [2.75, 3.05) is 0 Å². The molecule has 2 rings (SSSR count). The summed E-state index contributed by atoms with van der Waals surface area (Å²) in [5, 5.41) is 2.83. The van der Waals surface area contributed by atoms with E-state index in [4.69, 9.17) is 0 Å². The van der Waals surface area contributed by atoms with Crippen molar-refractivity contribution >= 4 is 19.2 Å². The topological polar surface area (TPSA) is 31.5 Å². The Balaban J connectivity index is 0.00000128. The smallest absolute Gasteiger partial charge is 0.0224 e. The maximum atomic E-state index is 2.26. The van der Waals surface area contributed by atoms with Crippen LogP contribution in [0.5, 0.6) is 0 Å². The zero-order chi connectivity index (χ0) is 10.7. The molecule has 84 valence electrons. The molecule has 2 aromatic carbocycles. The van der Waals surface area contributed by atoms with Crippen LogP contribution in [-0.4, -0.2) is 5.48 Å².